The molecule has 0 bridgehead atoms. The molecule has 0 aliphatic heterocycles. The van der Waals surface area contributed by atoms with Crippen molar-refractivity contribution in [3.63, 3.8) is 0 Å². The van der Waals surface area contributed by atoms with Gasteiger partial charge < -0.3 is 10.1 Å². The molecule has 16 heavy (non-hydrogen) atoms. The van der Waals surface area contributed by atoms with Gasteiger partial charge in [0.15, 0.2) is 0 Å². The number of benzene rings is 1. The molecule has 0 aliphatic rings. The maximum atomic E-state index is 10.6. The summed E-state index contributed by atoms with van der Waals surface area (Å²) in [6, 6.07) is 9.22. The highest BCUT2D eigenvalue weighted by molar-refractivity contribution is 14.1. The second-order valence-electron chi connectivity index (χ2n) is 3.28. The molecule has 0 atom stereocenters. The Morgan fingerprint density at radius 3 is 2.75 bits per heavy atom. The number of hydrogen-bond acceptors (Lipinski definition) is 3. The lowest BCUT2D eigenvalue weighted by atomic mass is 10.1. The Labute approximate surface area is 105 Å². The summed E-state index contributed by atoms with van der Waals surface area (Å²) in [5, 5.41) is 14.4. The van der Waals surface area contributed by atoms with E-state index in [2.05, 4.69) is 27.7 Å². The maximum Gasteiger partial charge on any atom is 0.390 e. The molecule has 0 amide bonds. The van der Waals surface area contributed by atoms with Crippen LogP contribution in [-0.2, 0) is 7.05 Å². The molecule has 0 saturated heterocycles. The molecular formula is C10H8IN3O2. The molecule has 0 saturated carbocycles. The number of rotatable bonds is 2. The molecule has 0 fully saturated rings. The van der Waals surface area contributed by atoms with Gasteiger partial charge >= 0.3 is 5.82 Å². The van der Waals surface area contributed by atoms with Crippen LogP contribution in [0.25, 0.3) is 11.3 Å². The molecule has 2 rings (SSSR count). The lowest BCUT2D eigenvalue weighted by Gasteiger charge is -1.98. The summed E-state index contributed by atoms with van der Waals surface area (Å²) in [6.45, 7) is 0. The topological polar surface area (TPSA) is 61.0 Å². The van der Waals surface area contributed by atoms with E-state index in [0.717, 1.165) is 14.8 Å². The van der Waals surface area contributed by atoms with Crippen LogP contribution in [0.5, 0.6) is 0 Å². The van der Waals surface area contributed by atoms with Crippen molar-refractivity contribution in [1.82, 2.24) is 9.78 Å². The summed E-state index contributed by atoms with van der Waals surface area (Å²) < 4.78 is 2.60. The zero-order valence-electron chi connectivity index (χ0n) is 8.42. The average molecular weight is 329 g/mol. The van der Waals surface area contributed by atoms with E-state index in [1.807, 2.05) is 24.3 Å². The highest BCUT2D eigenvalue weighted by Crippen LogP contribution is 2.24. The van der Waals surface area contributed by atoms with Gasteiger partial charge in [-0.3, -0.25) is 0 Å². The lowest BCUT2D eigenvalue weighted by molar-refractivity contribution is -0.389. The average Bonchev–Trinajstić information content (AvgIpc) is 2.60. The van der Waals surface area contributed by atoms with Crippen molar-refractivity contribution in [1.29, 1.82) is 0 Å². The molecule has 1 heterocycles. The third kappa shape index (κ3) is 2.06. The first-order valence-electron chi connectivity index (χ1n) is 4.52. The Balaban J connectivity index is 2.52. The fourth-order valence-electron chi connectivity index (χ4n) is 1.46. The highest BCUT2D eigenvalue weighted by atomic mass is 127. The fraction of sp³-hybridized carbons (Fsp3) is 0.100. The first kappa shape index (κ1) is 11.1. The van der Waals surface area contributed by atoms with Crippen LogP contribution in [0.3, 0.4) is 0 Å². The summed E-state index contributed by atoms with van der Waals surface area (Å²) in [7, 11) is 1.70. The van der Waals surface area contributed by atoms with E-state index in [4.69, 9.17) is 0 Å². The number of hydrogen-bond donors (Lipinski definition) is 0. The molecule has 0 aliphatic carbocycles. The van der Waals surface area contributed by atoms with Crippen LogP contribution in [0.2, 0.25) is 0 Å². The Morgan fingerprint density at radius 1 is 1.44 bits per heavy atom. The number of halogens is 1. The molecule has 1 aromatic carbocycles. The van der Waals surface area contributed by atoms with Gasteiger partial charge in [0.05, 0.1) is 23.9 Å². The Morgan fingerprint density at radius 2 is 2.19 bits per heavy atom. The van der Waals surface area contributed by atoms with Gasteiger partial charge in [-0.2, -0.15) is 4.68 Å². The minimum absolute atomic E-state index is 0.128. The van der Waals surface area contributed by atoms with E-state index in [0.29, 0.717) is 0 Å². The minimum Gasteiger partial charge on any atom is -0.358 e. The first-order chi connectivity index (χ1) is 7.58. The molecule has 0 radical (unpaired) electrons. The van der Waals surface area contributed by atoms with Gasteiger partial charge in [0.25, 0.3) is 0 Å². The predicted octanol–water partition coefficient (Wildman–Crippen LogP) is 2.60. The highest BCUT2D eigenvalue weighted by Gasteiger charge is 2.16. The SMILES string of the molecule is Cn1nc([N+](=O)[O-])cc1-c1cccc(I)c1. The quantitative estimate of drug-likeness (QED) is 0.483. The summed E-state index contributed by atoms with van der Waals surface area (Å²) in [4.78, 5) is 10.1. The molecule has 82 valence electrons. The van der Waals surface area contributed by atoms with Gasteiger partial charge in [0.1, 0.15) is 0 Å². The van der Waals surface area contributed by atoms with E-state index < -0.39 is 4.92 Å². The van der Waals surface area contributed by atoms with Crippen LogP contribution < -0.4 is 0 Å². The van der Waals surface area contributed by atoms with Crippen molar-refractivity contribution in [2.24, 2.45) is 7.05 Å². The van der Waals surface area contributed by atoms with E-state index in [1.165, 1.54) is 10.7 Å². The third-order valence-corrected chi connectivity index (χ3v) is 2.85. The van der Waals surface area contributed by atoms with Crippen LogP contribution in [-0.4, -0.2) is 14.7 Å². The van der Waals surface area contributed by atoms with Crippen LogP contribution >= 0.6 is 22.6 Å². The minimum atomic E-state index is -0.489. The second kappa shape index (κ2) is 4.20. The molecule has 5 nitrogen and oxygen atoms in total. The maximum absolute atomic E-state index is 10.6. The first-order valence-corrected chi connectivity index (χ1v) is 5.60. The normalized spacial score (nSPS) is 10.4. The Bertz CT molecular complexity index is 551. The molecule has 0 spiro atoms. The van der Waals surface area contributed by atoms with Crippen molar-refractivity contribution in [3.8, 4) is 11.3 Å². The Hall–Kier alpha value is -1.44. The van der Waals surface area contributed by atoms with Gasteiger partial charge in [0, 0.05) is 9.13 Å². The Kier molecular flexibility index (Phi) is 2.90. The molecule has 1 aromatic heterocycles. The molecule has 0 N–H and O–H groups in total. The van der Waals surface area contributed by atoms with Crippen LogP contribution in [0.1, 0.15) is 0 Å². The van der Waals surface area contributed by atoms with Gasteiger partial charge in [-0.1, -0.05) is 12.1 Å². The summed E-state index contributed by atoms with van der Waals surface area (Å²) in [6.07, 6.45) is 0. The van der Waals surface area contributed by atoms with E-state index in [1.54, 1.807) is 7.05 Å². The van der Waals surface area contributed by atoms with E-state index in [-0.39, 0.29) is 5.82 Å². The standard InChI is InChI=1S/C10H8IN3O2/c1-13-9(6-10(12-13)14(15)16)7-3-2-4-8(11)5-7/h2-6H,1H3. The molecule has 0 unspecified atom stereocenters. The van der Waals surface area contributed by atoms with Crippen molar-refractivity contribution in [3.05, 3.63) is 44.0 Å². The monoisotopic (exact) mass is 329 g/mol. The summed E-state index contributed by atoms with van der Waals surface area (Å²) in [5.41, 5.74) is 1.67. The molecule has 2 aromatic rings. The van der Waals surface area contributed by atoms with Gasteiger partial charge in [-0.15, -0.1) is 0 Å². The van der Waals surface area contributed by atoms with Crippen LogP contribution in [0, 0.1) is 13.7 Å². The van der Waals surface area contributed by atoms with Crippen molar-refractivity contribution >= 4 is 28.4 Å². The van der Waals surface area contributed by atoms with Gasteiger partial charge in [-0.05, 0) is 39.6 Å². The zero-order valence-corrected chi connectivity index (χ0v) is 10.6. The molecular weight excluding hydrogens is 321 g/mol. The van der Waals surface area contributed by atoms with Gasteiger partial charge in [-0.25, -0.2) is 0 Å². The van der Waals surface area contributed by atoms with Crippen LogP contribution in [0.15, 0.2) is 30.3 Å². The number of nitrogens with zero attached hydrogens (tertiary/aromatic N) is 3. The summed E-state index contributed by atoms with van der Waals surface area (Å²) in [5.74, 6) is -0.128. The summed E-state index contributed by atoms with van der Waals surface area (Å²) >= 11 is 2.20. The van der Waals surface area contributed by atoms with E-state index >= 15 is 0 Å². The van der Waals surface area contributed by atoms with Crippen molar-refractivity contribution in [2.45, 2.75) is 0 Å². The largest absolute Gasteiger partial charge is 0.390 e. The number of aromatic nitrogens is 2. The number of nitro groups is 1. The molecule has 6 heteroatoms. The van der Waals surface area contributed by atoms with Gasteiger partial charge in [0.2, 0.25) is 0 Å². The van der Waals surface area contributed by atoms with Crippen molar-refractivity contribution in [2.75, 3.05) is 0 Å². The zero-order chi connectivity index (χ0) is 11.7. The third-order valence-electron chi connectivity index (χ3n) is 2.17. The van der Waals surface area contributed by atoms with Crippen molar-refractivity contribution < 1.29 is 4.92 Å². The fourth-order valence-corrected chi connectivity index (χ4v) is 2.00. The van der Waals surface area contributed by atoms with E-state index in [9.17, 15) is 10.1 Å². The predicted molar refractivity (Wildman–Crippen MR) is 68.0 cm³/mol. The smallest absolute Gasteiger partial charge is 0.358 e. The number of aryl methyl sites for hydroxylation is 1. The lowest BCUT2D eigenvalue weighted by Crippen LogP contribution is -1.95. The van der Waals surface area contributed by atoms with Crippen LogP contribution in [0.4, 0.5) is 5.82 Å². The second-order valence-corrected chi connectivity index (χ2v) is 4.52.